The molecule has 0 N–H and O–H groups in total. The molecule has 0 aliphatic heterocycles. The Hall–Kier alpha value is -3.93. The number of hydrogen-bond donors (Lipinski definition) is 0. The molecule has 1 fully saturated rings. The summed E-state index contributed by atoms with van der Waals surface area (Å²) in [7, 11) is 5.15. The number of aromatic nitrogens is 3. The molecular formula is C28H34N6O3. The van der Waals surface area contributed by atoms with Gasteiger partial charge in [-0.25, -0.2) is 4.98 Å². The van der Waals surface area contributed by atoms with Gasteiger partial charge in [0.2, 0.25) is 5.88 Å². The molecule has 194 valence electrons. The zero-order valence-corrected chi connectivity index (χ0v) is 22.4. The van der Waals surface area contributed by atoms with Crippen molar-refractivity contribution in [3.05, 3.63) is 58.1 Å². The summed E-state index contributed by atoms with van der Waals surface area (Å²) in [5, 5.41) is 14.5. The summed E-state index contributed by atoms with van der Waals surface area (Å²) < 4.78 is 6.82. The molecule has 0 saturated heterocycles. The number of nitrogens with zero attached hydrogens (tertiary/aromatic N) is 6. The number of aryl methyl sites for hydroxylation is 1. The lowest BCUT2D eigenvalue weighted by Gasteiger charge is -2.37. The van der Waals surface area contributed by atoms with Crippen molar-refractivity contribution in [3.63, 3.8) is 0 Å². The number of anilines is 1. The van der Waals surface area contributed by atoms with E-state index in [9.17, 15) is 10.1 Å². The summed E-state index contributed by atoms with van der Waals surface area (Å²) in [5.74, 6) is 0.624. The van der Waals surface area contributed by atoms with Crippen LogP contribution in [0.25, 0.3) is 11.0 Å². The van der Waals surface area contributed by atoms with Gasteiger partial charge in [-0.1, -0.05) is 11.2 Å². The van der Waals surface area contributed by atoms with Gasteiger partial charge in [-0.05, 0) is 64.7 Å². The van der Waals surface area contributed by atoms with Crippen LogP contribution >= 0.6 is 0 Å². The second kappa shape index (κ2) is 10.6. The molecule has 1 aliphatic carbocycles. The number of nitriles is 1. The summed E-state index contributed by atoms with van der Waals surface area (Å²) >= 11 is 0. The number of pyridine rings is 3. The first-order valence-electron chi connectivity index (χ1n) is 12.5. The minimum absolute atomic E-state index is 0.0923. The predicted molar refractivity (Wildman–Crippen MR) is 144 cm³/mol. The molecule has 1 aliphatic rings. The maximum absolute atomic E-state index is 13.0. The van der Waals surface area contributed by atoms with Crippen LogP contribution in [0.4, 0.5) is 5.69 Å². The Bertz CT molecular complexity index is 1390. The Morgan fingerprint density at radius 2 is 1.92 bits per heavy atom. The number of ether oxygens (including phenoxy) is 1. The molecule has 0 aromatic carbocycles. The van der Waals surface area contributed by atoms with E-state index in [-0.39, 0.29) is 23.1 Å². The molecule has 37 heavy (non-hydrogen) atoms. The van der Waals surface area contributed by atoms with Gasteiger partial charge in [-0.15, -0.1) is 0 Å². The molecule has 4 rings (SSSR count). The number of fused-ring (bicyclic) bond motifs is 1. The standard InChI is InChI=1S/C28H34N6O3/c1-28(2,3)37-32-24(21-9-7-8-16-30-21)18-10-12-19(13-11-18)33(4)26-20(17-29)27(35)34(5)22-14-15-23(36-6)31-25(22)26/h7-9,14-16,18-19H,10-13H2,1-6H3/b32-24-. The summed E-state index contributed by atoms with van der Waals surface area (Å²) in [6.45, 7) is 5.92. The fourth-order valence-corrected chi connectivity index (χ4v) is 4.88. The van der Waals surface area contributed by atoms with E-state index in [1.165, 1.54) is 4.57 Å². The Morgan fingerprint density at radius 1 is 1.19 bits per heavy atom. The summed E-state index contributed by atoms with van der Waals surface area (Å²) in [5.41, 5.74) is 2.83. The Balaban J connectivity index is 1.65. The van der Waals surface area contributed by atoms with Crippen LogP contribution in [0.15, 0.2) is 46.5 Å². The molecule has 3 heterocycles. The van der Waals surface area contributed by atoms with Crippen LogP contribution in [0, 0.1) is 17.2 Å². The van der Waals surface area contributed by atoms with Crippen LogP contribution < -0.4 is 15.2 Å². The van der Waals surface area contributed by atoms with Gasteiger partial charge in [-0.2, -0.15) is 5.26 Å². The van der Waals surface area contributed by atoms with Crippen molar-refractivity contribution in [2.24, 2.45) is 18.1 Å². The van der Waals surface area contributed by atoms with E-state index in [4.69, 9.17) is 9.57 Å². The molecule has 0 radical (unpaired) electrons. The Kier molecular flexibility index (Phi) is 7.48. The Labute approximate surface area is 217 Å². The van der Waals surface area contributed by atoms with Crippen molar-refractivity contribution in [2.75, 3.05) is 19.1 Å². The van der Waals surface area contributed by atoms with Crippen molar-refractivity contribution in [3.8, 4) is 11.9 Å². The highest BCUT2D eigenvalue weighted by Gasteiger charge is 2.32. The van der Waals surface area contributed by atoms with Gasteiger partial charge < -0.3 is 19.0 Å². The van der Waals surface area contributed by atoms with Crippen LogP contribution in [0.5, 0.6) is 5.88 Å². The van der Waals surface area contributed by atoms with Gasteiger partial charge >= 0.3 is 0 Å². The van der Waals surface area contributed by atoms with Gasteiger partial charge in [0.25, 0.3) is 5.56 Å². The molecule has 0 spiro atoms. The number of hydrogen-bond acceptors (Lipinski definition) is 8. The first-order valence-corrected chi connectivity index (χ1v) is 12.5. The molecule has 3 aromatic heterocycles. The average molecular weight is 503 g/mol. The first kappa shape index (κ1) is 26.1. The van der Waals surface area contributed by atoms with Crippen LogP contribution in [-0.2, 0) is 11.9 Å². The smallest absolute Gasteiger partial charge is 0.270 e. The lowest BCUT2D eigenvalue weighted by Crippen LogP contribution is -2.39. The summed E-state index contributed by atoms with van der Waals surface area (Å²) in [6, 6.07) is 11.6. The van der Waals surface area contributed by atoms with Gasteiger partial charge in [0.15, 0.2) is 0 Å². The number of rotatable bonds is 6. The molecule has 0 bridgehead atoms. The van der Waals surface area contributed by atoms with Crippen molar-refractivity contribution >= 4 is 22.4 Å². The second-order valence-corrected chi connectivity index (χ2v) is 10.4. The predicted octanol–water partition coefficient (Wildman–Crippen LogP) is 4.42. The van der Waals surface area contributed by atoms with Crippen LogP contribution in [-0.4, -0.2) is 46.0 Å². The average Bonchev–Trinajstić information content (AvgIpc) is 2.90. The minimum atomic E-state index is -0.403. The van der Waals surface area contributed by atoms with Crippen LogP contribution in [0.3, 0.4) is 0 Å². The summed E-state index contributed by atoms with van der Waals surface area (Å²) in [4.78, 5) is 30.1. The van der Waals surface area contributed by atoms with E-state index >= 15 is 0 Å². The van der Waals surface area contributed by atoms with Crippen molar-refractivity contribution in [1.82, 2.24) is 14.5 Å². The van der Waals surface area contributed by atoms with E-state index < -0.39 is 5.60 Å². The molecule has 9 heteroatoms. The van der Waals surface area contributed by atoms with Gasteiger partial charge in [0.05, 0.1) is 24.0 Å². The third-order valence-corrected chi connectivity index (χ3v) is 6.84. The van der Waals surface area contributed by atoms with E-state index in [1.54, 1.807) is 26.4 Å². The van der Waals surface area contributed by atoms with Crippen molar-refractivity contribution < 1.29 is 9.57 Å². The maximum atomic E-state index is 13.0. The minimum Gasteiger partial charge on any atom is -0.481 e. The molecule has 1 saturated carbocycles. The summed E-state index contributed by atoms with van der Waals surface area (Å²) in [6.07, 6.45) is 5.23. The zero-order chi connectivity index (χ0) is 26.7. The van der Waals surface area contributed by atoms with Crippen LogP contribution in [0.1, 0.15) is 57.7 Å². The highest BCUT2D eigenvalue weighted by molar-refractivity contribution is 6.00. The van der Waals surface area contributed by atoms with Crippen molar-refractivity contribution in [2.45, 2.75) is 58.1 Å². The lowest BCUT2D eigenvalue weighted by atomic mass is 9.81. The topological polar surface area (TPSA) is 106 Å². The first-order chi connectivity index (χ1) is 17.6. The largest absolute Gasteiger partial charge is 0.481 e. The molecule has 0 unspecified atom stereocenters. The third kappa shape index (κ3) is 5.43. The fourth-order valence-electron chi connectivity index (χ4n) is 4.88. The molecule has 3 aromatic rings. The third-order valence-electron chi connectivity index (χ3n) is 6.84. The van der Waals surface area contributed by atoms with Gasteiger partial charge in [0, 0.05) is 38.3 Å². The molecule has 0 amide bonds. The normalized spacial score (nSPS) is 18.4. The van der Waals surface area contributed by atoms with E-state index in [0.29, 0.717) is 22.6 Å². The Morgan fingerprint density at radius 3 is 2.51 bits per heavy atom. The fraction of sp³-hybridized carbons (Fsp3) is 0.464. The lowest BCUT2D eigenvalue weighted by molar-refractivity contribution is -0.0000712. The van der Waals surface area contributed by atoms with Gasteiger partial charge in [0.1, 0.15) is 28.5 Å². The van der Waals surface area contributed by atoms with Crippen LogP contribution in [0.2, 0.25) is 0 Å². The maximum Gasteiger partial charge on any atom is 0.270 e. The molecule has 9 nitrogen and oxygen atoms in total. The van der Waals surface area contributed by atoms with E-state index in [2.05, 4.69) is 21.2 Å². The van der Waals surface area contributed by atoms with Gasteiger partial charge in [-0.3, -0.25) is 9.78 Å². The quantitative estimate of drug-likeness (QED) is 0.363. The molecule has 0 atom stereocenters. The monoisotopic (exact) mass is 502 g/mol. The molecular weight excluding hydrogens is 468 g/mol. The zero-order valence-electron chi connectivity index (χ0n) is 22.4. The highest BCUT2D eigenvalue weighted by atomic mass is 16.6. The highest BCUT2D eigenvalue weighted by Crippen LogP contribution is 2.35. The van der Waals surface area contributed by atoms with Crippen molar-refractivity contribution in [1.29, 1.82) is 5.26 Å². The van der Waals surface area contributed by atoms with E-state index in [0.717, 1.165) is 37.1 Å². The SMILES string of the molecule is COc1ccc2c(n1)c(N(C)C1CCC(/C(=N/OC(C)(C)C)c3ccccn3)CC1)c(C#N)c(=O)n2C. The van der Waals surface area contributed by atoms with E-state index in [1.807, 2.05) is 57.0 Å². The number of methoxy groups -OCH3 is 1. The second-order valence-electron chi connectivity index (χ2n) is 10.4. The number of oxime groups is 1.